The molecule has 43 heavy (non-hydrogen) atoms. The van der Waals surface area contributed by atoms with Crippen LogP contribution in [0.25, 0.3) is 0 Å². The van der Waals surface area contributed by atoms with E-state index in [0.717, 1.165) is 52.9 Å². The van der Waals surface area contributed by atoms with Crippen molar-refractivity contribution in [2.75, 3.05) is 31.3 Å². The standard InChI is InChI=1S/C33H41N3O6S/c1-24-12-8-9-15-26(24)22-35(30(20-25-13-6-5-7-14-25)33(38)34-27-16-10-11-17-27)32(37)23-36(43(4,39)40)29-21-28(41-2)18-19-31(29)42-3/h5-9,12-15,18-19,21,27,30H,10-11,16-17,20,22-23H2,1-4H3,(H,34,38)/t30-/m0/s1. The van der Waals surface area contributed by atoms with Gasteiger partial charge in [-0.1, -0.05) is 67.4 Å². The van der Waals surface area contributed by atoms with E-state index in [4.69, 9.17) is 9.47 Å². The zero-order valence-electron chi connectivity index (χ0n) is 25.3. The molecule has 2 amide bonds. The van der Waals surface area contributed by atoms with Gasteiger partial charge in [-0.15, -0.1) is 0 Å². The molecule has 0 radical (unpaired) electrons. The summed E-state index contributed by atoms with van der Waals surface area (Å²) in [5, 5.41) is 3.18. The second-order valence-electron chi connectivity index (χ2n) is 11.0. The van der Waals surface area contributed by atoms with E-state index in [-0.39, 0.29) is 36.4 Å². The van der Waals surface area contributed by atoms with Crippen LogP contribution in [0.5, 0.6) is 11.5 Å². The molecule has 0 saturated heterocycles. The van der Waals surface area contributed by atoms with Gasteiger partial charge in [-0.25, -0.2) is 8.42 Å². The molecule has 1 aliphatic carbocycles. The molecule has 1 atom stereocenters. The Hall–Kier alpha value is -4.05. The molecule has 0 aromatic heterocycles. The lowest BCUT2D eigenvalue weighted by atomic mass is 10.0. The predicted molar refractivity (Wildman–Crippen MR) is 168 cm³/mol. The van der Waals surface area contributed by atoms with E-state index >= 15 is 0 Å². The molecule has 1 fully saturated rings. The highest BCUT2D eigenvalue weighted by atomic mass is 32.2. The molecule has 0 aliphatic heterocycles. The number of methoxy groups -OCH3 is 2. The topological polar surface area (TPSA) is 105 Å². The monoisotopic (exact) mass is 607 g/mol. The van der Waals surface area contributed by atoms with Gasteiger partial charge < -0.3 is 19.7 Å². The number of ether oxygens (including phenoxy) is 2. The zero-order chi connectivity index (χ0) is 31.0. The van der Waals surface area contributed by atoms with Gasteiger partial charge in [0.25, 0.3) is 0 Å². The average Bonchev–Trinajstić information content (AvgIpc) is 3.51. The maximum absolute atomic E-state index is 14.4. The second kappa shape index (κ2) is 14.4. The maximum atomic E-state index is 14.4. The molecule has 4 rings (SSSR count). The quantitative estimate of drug-likeness (QED) is 0.307. The lowest BCUT2D eigenvalue weighted by Crippen LogP contribution is -2.54. The Labute approximate surface area is 254 Å². The van der Waals surface area contributed by atoms with E-state index in [9.17, 15) is 18.0 Å². The third-order valence-corrected chi connectivity index (χ3v) is 9.03. The van der Waals surface area contributed by atoms with Crippen molar-refractivity contribution in [3.63, 3.8) is 0 Å². The van der Waals surface area contributed by atoms with Crippen molar-refractivity contribution in [2.24, 2.45) is 0 Å². The second-order valence-corrected chi connectivity index (χ2v) is 12.9. The molecule has 230 valence electrons. The van der Waals surface area contributed by atoms with Crippen molar-refractivity contribution in [3.05, 3.63) is 89.5 Å². The van der Waals surface area contributed by atoms with Crippen molar-refractivity contribution in [1.29, 1.82) is 0 Å². The molecule has 3 aromatic rings. The lowest BCUT2D eigenvalue weighted by Gasteiger charge is -2.34. The molecule has 0 heterocycles. The minimum atomic E-state index is -3.96. The number of aryl methyl sites for hydroxylation is 1. The molecule has 1 saturated carbocycles. The summed E-state index contributed by atoms with van der Waals surface area (Å²) in [5.74, 6) is -0.0838. The van der Waals surface area contributed by atoms with Gasteiger partial charge in [-0.2, -0.15) is 0 Å². The Morgan fingerprint density at radius 2 is 1.63 bits per heavy atom. The highest BCUT2D eigenvalue weighted by Gasteiger charge is 2.35. The number of anilines is 1. The van der Waals surface area contributed by atoms with E-state index in [1.165, 1.54) is 25.2 Å². The lowest BCUT2D eigenvalue weighted by molar-refractivity contribution is -0.140. The fourth-order valence-electron chi connectivity index (χ4n) is 5.48. The molecule has 0 spiro atoms. The molecular formula is C33H41N3O6S. The van der Waals surface area contributed by atoms with Crippen LogP contribution in [-0.4, -0.2) is 64.2 Å². The average molecular weight is 608 g/mol. The summed E-state index contributed by atoms with van der Waals surface area (Å²) in [6, 6.07) is 21.2. The number of hydrogen-bond donors (Lipinski definition) is 1. The van der Waals surface area contributed by atoms with Crippen molar-refractivity contribution in [2.45, 2.75) is 57.7 Å². The Bertz CT molecular complexity index is 1510. The fraction of sp³-hybridized carbons (Fsp3) is 0.394. The van der Waals surface area contributed by atoms with Crippen molar-refractivity contribution >= 4 is 27.5 Å². The highest BCUT2D eigenvalue weighted by molar-refractivity contribution is 7.92. The number of nitrogens with one attached hydrogen (secondary N) is 1. The van der Waals surface area contributed by atoms with E-state index in [0.29, 0.717) is 5.75 Å². The van der Waals surface area contributed by atoms with E-state index in [1.54, 1.807) is 12.1 Å². The summed E-state index contributed by atoms with van der Waals surface area (Å²) < 4.78 is 38.2. The molecule has 0 bridgehead atoms. The SMILES string of the molecule is COc1ccc(OC)c(N(CC(=O)N(Cc2ccccc2C)[C@@H](Cc2ccccc2)C(=O)NC2CCCC2)S(C)(=O)=O)c1. The third kappa shape index (κ3) is 8.28. The van der Waals surface area contributed by atoms with E-state index in [2.05, 4.69) is 5.32 Å². The van der Waals surface area contributed by atoms with Crippen LogP contribution in [0.3, 0.4) is 0 Å². The first-order valence-electron chi connectivity index (χ1n) is 14.5. The number of carbonyl (C=O) groups excluding carboxylic acids is 2. The number of benzene rings is 3. The largest absolute Gasteiger partial charge is 0.497 e. The minimum Gasteiger partial charge on any atom is -0.497 e. The summed E-state index contributed by atoms with van der Waals surface area (Å²) >= 11 is 0. The molecule has 0 unspecified atom stereocenters. The molecule has 1 aliphatic rings. The van der Waals surface area contributed by atoms with Crippen LogP contribution in [0.2, 0.25) is 0 Å². The summed E-state index contributed by atoms with van der Waals surface area (Å²) in [5.41, 5.74) is 2.89. The van der Waals surface area contributed by atoms with Gasteiger partial charge in [-0.3, -0.25) is 13.9 Å². The number of rotatable bonds is 13. The van der Waals surface area contributed by atoms with Gasteiger partial charge in [0, 0.05) is 25.1 Å². The predicted octanol–water partition coefficient (Wildman–Crippen LogP) is 4.48. The Morgan fingerprint density at radius 3 is 2.26 bits per heavy atom. The van der Waals surface area contributed by atoms with E-state index in [1.807, 2.05) is 61.5 Å². The van der Waals surface area contributed by atoms with Crippen LogP contribution in [0.15, 0.2) is 72.8 Å². The van der Waals surface area contributed by atoms with Gasteiger partial charge in [0.2, 0.25) is 21.8 Å². The smallest absolute Gasteiger partial charge is 0.244 e. The number of sulfonamides is 1. The van der Waals surface area contributed by atoms with Crippen LogP contribution in [0.1, 0.15) is 42.4 Å². The summed E-state index contributed by atoms with van der Waals surface area (Å²) in [7, 11) is -1.05. The first kappa shape index (κ1) is 31.9. The van der Waals surface area contributed by atoms with Gasteiger partial charge in [0.1, 0.15) is 24.1 Å². The minimum absolute atomic E-state index is 0.0507. The van der Waals surface area contributed by atoms with Crippen molar-refractivity contribution in [3.8, 4) is 11.5 Å². The molecular weight excluding hydrogens is 566 g/mol. The first-order valence-corrected chi connectivity index (χ1v) is 16.3. The van der Waals surface area contributed by atoms with E-state index < -0.39 is 28.5 Å². The number of hydrogen-bond acceptors (Lipinski definition) is 6. The Kier molecular flexibility index (Phi) is 10.7. The zero-order valence-corrected chi connectivity index (χ0v) is 26.1. The summed E-state index contributed by atoms with van der Waals surface area (Å²) in [6.45, 7) is 1.55. The van der Waals surface area contributed by atoms with Crippen LogP contribution in [-0.2, 0) is 32.6 Å². The summed E-state index contributed by atoms with van der Waals surface area (Å²) in [6.07, 6.45) is 5.20. The van der Waals surface area contributed by atoms with Crippen LogP contribution in [0.4, 0.5) is 5.69 Å². The highest BCUT2D eigenvalue weighted by Crippen LogP contribution is 2.34. The maximum Gasteiger partial charge on any atom is 0.244 e. The van der Waals surface area contributed by atoms with Gasteiger partial charge in [0.15, 0.2) is 0 Å². The number of carbonyl (C=O) groups is 2. The van der Waals surface area contributed by atoms with Crippen LogP contribution < -0.4 is 19.1 Å². The Morgan fingerprint density at radius 1 is 0.953 bits per heavy atom. The van der Waals surface area contributed by atoms with Gasteiger partial charge in [0.05, 0.1) is 26.2 Å². The van der Waals surface area contributed by atoms with Crippen molar-refractivity contribution in [1.82, 2.24) is 10.2 Å². The van der Waals surface area contributed by atoms with Crippen LogP contribution in [0, 0.1) is 6.92 Å². The number of nitrogens with zero attached hydrogens (tertiary/aromatic N) is 2. The first-order chi connectivity index (χ1) is 20.6. The normalized spacial score (nSPS) is 14.1. The molecule has 9 nitrogen and oxygen atoms in total. The van der Waals surface area contributed by atoms with Gasteiger partial charge >= 0.3 is 0 Å². The third-order valence-electron chi connectivity index (χ3n) is 7.91. The van der Waals surface area contributed by atoms with Gasteiger partial charge in [-0.05, 0) is 48.6 Å². The molecule has 1 N–H and O–H groups in total. The van der Waals surface area contributed by atoms with Crippen LogP contribution >= 0.6 is 0 Å². The Balaban J connectivity index is 1.77. The molecule has 10 heteroatoms. The van der Waals surface area contributed by atoms with Crippen molar-refractivity contribution < 1.29 is 27.5 Å². The molecule has 3 aromatic carbocycles. The fourth-order valence-corrected chi connectivity index (χ4v) is 6.32. The number of amides is 2. The summed E-state index contributed by atoms with van der Waals surface area (Å²) in [4.78, 5) is 29.9.